The van der Waals surface area contributed by atoms with E-state index >= 15 is 0 Å². The molecule has 0 aliphatic heterocycles. The maximum atomic E-state index is 11.4. The van der Waals surface area contributed by atoms with Gasteiger partial charge in [-0.3, -0.25) is 15.6 Å². The Kier molecular flexibility index (Phi) is 6.09. The molecule has 0 heterocycles. The number of hydrogen-bond donors (Lipinski definition) is 2. The molecule has 1 aromatic carbocycles. The van der Waals surface area contributed by atoms with E-state index < -0.39 is 0 Å². The molecule has 0 aliphatic rings. The number of esters is 1. The van der Waals surface area contributed by atoms with Gasteiger partial charge in [-0.1, -0.05) is 19.9 Å². The van der Waals surface area contributed by atoms with Gasteiger partial charge in [0.2, 0.25) is 5.90 Å². The summed E-state index contributed by atoms with van der Waals surface area (Å²) in [6.07, 6.45) is 0.649. The van der Waals surface area contributed by atoms with Crippen molar-refractivity contribution in [2.24, 2.45) is 5.92 Å². The Hall–Kier alpha value is -2.17. The van der Waals surface area contributed by atoms with Crippen molar-refractivity contribution in [1.29, 1.82) is 10.8 Å². The molecule has 5 nitrogen and oxygen atoms in total. The lowest BCUT2D eigenvalue weighted by molar-refractivity contribution is -0.139. The van der Waals surface area contributed by atoms with E-state index in [0.717, 1.165) is 11.1 Å². The summed E-state index contributed by atoms with van der Waals surface area (Å²) in [6.45, 7) is 5.87. The van der Waals surface area contributed by atoms with Crippen LogP contribution in [0.1, 0.15) is 37.0 Å². The van der Waals surface area contributed by atoms with Crippen LogP contribution in [0.2, 0.25) is 0 Å². The van der Waals surface area contributed by atoms with Crippen molar-refractivity contribution in [1.82, 2.24) is 0 Å². The highest BCUT2D eigenvalue weighted by molar-refractivity contribution is 5.99. The molecule has 0 unspecified atom stereocenters. The minimum atomic E-state index is -0.324. The fraction of sp³-hybridized carbons (Fsp3) is 0.438. The van der Waals surface area contributed by atoms with Crippen molar-refractivity contribution >= 4 is 17.8 Å². The topological polar surface area (TPSA) is 83.2 Å². The summed E-state index contributed by atoms with van der Waals surface area (Å²) in [5, 5.41) is 15.6. The van der Waals surface area contributed by atoms with Crippen molar-refractivity contribution in [3.8, 4) is 0 Å². The monoisotopic (exact) mass is 290 g/mol. The number of benzene rings is 1. The molecule has 0 atom stereocenters. The van der Waals surface area contributed by atoms with Gasteiger partial charge in [-0.15, -0.1) is 0 Å². The van der Waals surface area contributed by atoms with Gasteiger partial charge in [0.15, 0.2) is 5.90 Å². The number of methoxy groups -OCH3 is 1. The van der Waals surface area contributed by atoms with Crippen LogP contribution < -0.4 is 0 Å². The van der Waals surface area contributed by atoms with E-state index in [-0.39, 0.29) is 24.2 Å². The van der Waals surface area contributed by atoms with Crippen molar-refractivity contribution in [3.63, 3.8) is 0 Å². The number of nitrogens with one attached hydrogen (secondary N) is 2. The van der Waals surface area contributed by atoms with E-state index in [1.165, 1.54) is 7.11 Å². The molecule has 5 heteroatoms. The van der Waals surface area contributed by atoms with Crippen LogP contribution in [0.5, 0.6) is 0 Å². The first-order chi connectivity index (χ1) is 9.83. The molecule has 0 saturated carbocycles. The highest BCUT2D eigenvalue weighted by Crippen LogP contribution is 2.14. The lowest BCUT2D eigenvalue weighted by atomic mass is 10.0. The van der Waals surface area contributed by atoms with E-state index in [0.29, 0.717) is 17.9 Å². The summed E-state index contributed by atoms with van der Waals surface area (Å²) in [5.74, 6) is -0.0229. The molecular weight excluding hydrogens is 268 g/mol. The standard InChI is InChI=1S/C16H22N2O3/c1-10(2)7-14(17)21-16(18)12-6-5-11(3)13(8-12)9-15(19)20-4/h5-6,8,10,17-18H,7,9H2,1-4H3. The van der Waals surface area contributed by atoms with Crippen LogP contribution in [-0.4, -0.2) is 24.9 Å². The zero-order valence-corrected chi connectivity index (χ0v) is 12.9. The Morgan fingerprint density at radius 2 is 1.95 bits per heavy atom. The second-order valence-electron chi connectivity index (χ2n) is 5.35. The molecule has 114 valence electrons. The van der Waals surface area contributed by atoms with E-state index in [2.05, 4.69) is 4.74 Å². The van der Waals surface area contributed by atoms with Crippen LogP contribution in [0.15, 0.2) is 18.2 Å². The van der Waals surface area contributed by atoms with Crippen molar-refractivity contribution < 1.29 is 14.3 Å². The first-order valence-electron chi connectivity index (χ1n) is 6.84. The molecule has 0 spiro atoms. The average molecular weight is 290 g/mol. The first-order valence-corrected chi connectivity index (χ1v) is 6.84. The zero-order valence-electron chi connectivity index (χ0n) is 12.9. The van der Waals surface area contributed by atoms with Gasteiger partial charge in [-0.2, -0.15) is 0 Å². The summed E-state index contributed by atoms with van der Waals surface area (Å²) >= 11 is 0. The molecule has 1 rings (SSSR count). The SMILES string of the molecule is COC(=O)Cc1cc(C(=N)OC(=N)CC(C)C)ccc1C. The Morgan fingerprint density at radius 1 is 1.29 bits per heavy atom. The Morgan fingerprint density at radius 3 is 2.52 bits per heavy atom. The average Bonchev–Trinajstić information content (AvgIpc) is 2.39. The lowest BCUT2D eigenvalue weighted by Gasteiger charge is -2.12. The summed E-state index contributed by atoms with van der Waals surface area (Å²) in [7, 11) is 1.35. The Bertz CT molecular complexity index is 550. The van der Waals surface area contributed by atoms with Crippen molar-refractivity contribution in [2.75, 3.05) is 7.11 Å². The summed E-state index contributed by atoms with van der Waals surface area (Å²) in [5.41, 5.74) is 2.30. The van der Waals surface area contributed by atoms with Gasteiger partial charge in [0.25, 0.3) is 0 Å². The molecule has 0 radical (unpaired) electrons. The number of carbonyl (C=O) groups is 1. The summed E-state index contributed by atoms with van der Waals surface area (Å²) in [6, 6.07) is 5.32. The quantitative estimate of drug-likeness (QED) is 0.496. The number of rotatable bonds is 5. The van der Waals surface area contributed by atoms with Crippen molar-refractivity contribution in [2.45, 2.75) is 33.6 Å². The molecule has 0 amide bonds. The Labute approximate surface area is 125 Å². The third-order valence-electron chi connectivity index (χ3n) is 2.99. The van der Waals surface area contributed by atoms with Crippen molar-refractivity contribution in [3.05, 3.63) is 34.9 Å². The van der Waals surface area contributed by atoms with Gasteiger partial charge >= 0.3 is 5.97 Å². The summed E-state index contributed by atoms with van der Waals surface area (Å²) in [4.78, 5) is 11.4. The van der Waals surface area contributed by atoms with Crippen LogP contribution in [0.3, 0.4) is 0 Å². The van der Waals surface area contributed by atoms with Crippen LogP contribution >= 0.6 is 0 Å². The molecule has 2 N–H and O–H groups in total. The number of ether oxygens (including phenoxy) is 2. The van der Waals surface area contributed by atoms with Crippen LogP contribution in [-0.2, 0) is 20.7 Å². The van der Waals surface area contributed by atoms with E-state index in [1.807, 2.05) is 26.8 Å². The highest BCUT2D eigenvalue weighted by Gasteiger charge is 2.12. The maximum Gasteiger partial charge on any atom is 0.309 e. The number of hydrogen-bond acceptors (Lipinski definition) is 5. The molecule has 0 aromatic heterocycles. The minimum absolute atomic E-state index is 0.0742. The molecule has 0 bridgehead atoms. The van der Waals surface area contributed by atoms with Gasteiger partial charge in [0.1, 0.15) is 0 Å². The fourth-order valence-corrected chi connectivity index (χ4v) is 1.83. The minimum Gasteiger partial charge on any atom is -0.469 e. The predicted molar refractivity (Wildman–Crippen MR) is 82.0 cm³/mol. The second-order valence-corrected chi connectivity index (χ2v) is 5.35. The molecule has 1 aromatic rings. The van der Waals surface area contributed by atoms with Gasteiger partial charge in [-0.05, 0) is 36.1 Å². The van der Waals surface area contributed by atoms with Gasteiger partial charge in [0, 0.05) is 12.0 Å². The fourth-order valence-electron chi connectivity index (χ4n) is 1.83. The summed E-state index contributed by atoms with van der Waals surface area (Å²) < 4.78 is 9.88. The lowest BCUT2D eigenvalue weighted by Crippen LogP contribution is -2.14. The van der Waals surface area contributed by atoms with Crippen LogP contribution in [0.4, 0.5) is 0 Å². The molecule has 0 aliphatic carbocycles. The third-order valence-corrected chi connectivity index (χ3v) is 2.99. The molecular formula is C16H22N2O3. The smallest absolute Gasteiger partial charge is 0.309 e. The Balaban J connectivity index is 2.83. The van der Waals surface area contributed by atoms with E-state index in [1.54, 1.807) is 12.1 Å². The largest absolute Gasteiger partial charge is 0.469 e. The second kappa shape index (κ2) is 7.57. The van der Waals surface area contributed by atoms with E-state index in [9.17, 15) is 4.79 Å². The van der Waals surface area contributed by atoms with Gasteiger partial charge < -0.3 is 9.47 Å². The van der Waals surface area contributed by atoms with Gasteiger partial charge in [-0.25, -0.2) is 0 Å². The van der Waals surface area contributed by atoms with Crippen LogP contribution in [0, 0.1) is 23.7 Å². The zero-order chi connectivity index (χ0) is 16.0. The molecule has 0 saturated heterocycles. The highest BCUT2D eigenvalue weighted by atomic mass is 16.5. The maximum absolute atomic E-state index is 11.4. The molecule has 21 heavy (non-hydrogen) atoms. The van der Waals surface area contributed by atoms with E-state index in [4.69, 9.17) is 15.6 Å². The number of aryl methyl sites for hydroxylation is 1. The normalized spacial score (nSPS) is 10.3. The first kappa shape index (κ1) is 16.9. The number of carbonyl (C=O) groups excluding carboxylic acids is 1. The van der Waals surface area contributed by atoms with Crippen LogP contribution in [0.25, 0.3) is 0 Å². The molecule has 0 fully saturated rings. The third kappa shape index (κ3) is 5.38. The predicted octanol–water partition coefficient (Wildman–Crippen LogP) is 3.08. The van der Waals surface area contributed by atoms with Gasteiger partial charge in [0.05, 0.1) is 13.5 Å².